The molecule has 8 heteroatoms. The Bertz CT molecular complexity index is 1540. The number of amides is 1. The number of fused-ring (bicyclic) bond motifs is 2. The van der Waals surface area contributed by atoms with E-state index in [2.05, 4.69) is 139 Å². The van der Waals surface area contributed by atoms with Crippen molar-refractivity contribution in [2.24, 2.45) is 5.73 Å². The predicted octanol–water partition coefficient (Wildman–Crippen LogP) is 5.04. The highest BCUT2D eigenvalue weighted by Crippen LogP contribution is 2.47. The van der Waals surface area contributed by atoms with Gasteiger partial charge in [-0.25, -0.2) is 0 Å². The van der Waals surface area contributed by atoms with Crippen molar-refractivity contribution in [3.8, 4) is 0 Å². The van der Waals surface area contributed by atoms with Gasteiger partial charge in [0.05, 0.1) is 5.41 Å². The molecule has 0 unspecified atom stereocenters. The van der Waals surface area contributed by atoms with E-state index in [1.165, 1.54) is 59.6 Å². The Kier molecular flexibility index (Phi) is 19.3. The zero-order valence-electron chi connectivity index (χ0n) is 33.5. The largest absolute Gasteiger partial charge is 1.00 e. The lowest BCUT2D eigenvalue weighted by atomic mass is 9.81. The van der Waals surface area contributed by atoms with Crippen molar-refractivity contribution in [1.82, 2.24) is 16.0 Å². The molecule has 0 aliphatic carbocycles. The van der Waals surface area contributed by atoms with E-state index in [9.17, 15) is 4.79 Å². The second-order valence-corrected chi connectivity index (χ2v) is 15.5. The van der Waals surface area contributed by atoms with Crippen LogP contribution < -0.4 is 43.6 Å². The minimum atomic E-state index is -0.0815. The van der Waals surface area contributed by atoms with Crippen LogP contribution in [0.4, 0.5) is 11.4 Å². The predicted molar refractivity (Wildman–Crippen MR) is 222 cm³/mol. The van der Waals surface area contributed by atoms with E-state index < -0.39 is 0 Å². The molecule has 2 aromatic rings. The lowest BCUT2D eigenvalue weighted by molar-refractivity contribution is -0.438. The van der Waals surface area contributed by atoms with E-state index in [0.717, 1.165) is 84.5 Å². The Labute approximate surface area is 332 Å². The second kappa shape index (κ2) is 23.0. The molecule has 2 aliphatic rings. The fourth-order valence-electron chi connectivity index (χ4n) is 7.68. The Morgan fingerprint density at radius 1 is 0.755 bits per heavy atom. The summed E-state index contributed by atoms with van der Waals surface area (Å²) in [6, 6.07) is 17.7. The molecule has 292 valence electrons. The Hall–Kier alpha value is -3.04. The van der Waals surface area contributed by atoms with E-state index in [1.54, 1.807) is 0 Å². The van der Waals surface area contributed by atoms with Crippen LogP contribution in [0.3, 0.4) is 0 Å². The number of benzene rings is 2. The van der Waals surface area contributed by atoms with Gasteiger partial charge < -0.3 is 43.6 Å². The number of carbonyl (C=O) groups excluding carboxylic acids is 1. The molecule has 53 heavy (non-hydrogen) atoms. The standard InChI is InChI=1S/C45H68N6O.BrH/c1-6-7-35-50-39-24-15-13-22-37(39)44(2,3)41(50)26-10-8-11-27-42-45(4,5)38-23-14-16-25-40(38)51(42)36-19-9-12-28-43(52)49-34-21-33-48-31-18-17-30-47-32-20-29-46;/h8,10-11,13-16,22-27,47-48H,6-7,9,12,17-21,28-36,46H2,1-5H3;1H. The normalized spacial score (nSPS) is 16.5. The number of anilines is 1. The van der Waals surface area contributed by atoms with Crippen LogP contribution in [0.1, 0.15) is 110 Å². The number of para-hydroxylation sites is 2. The summed E-state index contributed by atoms with van der Waals surface area (Å²) in [5.41, 5.74) is 13.5. The molecule has 0 bridgehead atoms. The van der Waals surface area contributed by atoms with Gasteiger partial charge in [-0.2, -0.15) is 4.58 Å². The lowest BCUT2D eigenvalue weighted by Crippen LogP contribution is -3.00. The first-order valence-corrected chi connectivity index (χ1v) is 20.3. The van der Waals surface area contributed by atoms with Crippen molar-refractivity contribution in [2.75, 3.05) is 57.3 Å². The SMILES string of the molecule is CCCCN1C(=CC=CC=CC2=[N+](CCCCCC(=O)NCCCNCCCCNCCCN)c3ccccc3C2(C)C)C(C)(C)c2ccccc21.[Br-]. The molecule has 2 aliphatic heterocycles. The van der Waals surface area contributed by atoms with Gasteiger partial charge in [-0.05, 0) is 109 Å². The molecule has 2 heterocycles. The van der Waals surface area contributed by atoms with Gasteiger partial charge >= 0.3 is 0 Å². The summed E-state index contributed by atoms with van der Waals surface area (Å²) in [6.45, 7) is 19.2. The fraction of sp³-hybridized carbons (Fsp3) is 0.556. The maximum absolute atomic E-state index is 12.5. The van der Waals surface area contributed by atoms with E-state index >= 15 is 0 Å². The van der Waals surface area contributed by atoms with Crippen molar-refractivity contribution in [2.45, 2.75) is 110 Å². The number of nitrogens with two attached hydrogens (primary N) is 1. The molecule has 5 N–H and O–H groups in total. The van der Waals surface area contributed by atoms with E-state index in [4.69, 9.17) is 5.73 Å². The monoisotopic (exact) mass is 788 g/mol. The van der Waals surface area contributed by atoms with Gasteiger partial charge in [0.15, 0.2) is 5.71 Å². The van der Waals surface area contributed by atoms with E-state index in [1.807, 2.05) is 0 Å². The number of allylic oxidation sites excluding steroid dienone is 6. The zero-order valence-corrected chi connectivity index (χ0v) is 35.1. The molecule has 0 saturated carbocycles. The smallest absolute Gasteiger partial charge is 0.219 e. The number of nitrogens with one attached hydrogen (secondary N) is 3. The van der Waals surface area contributed by atoms with Crippen LogP contribution in [0.2, 0.25) is 0 Å². The van der Waals surface area contributed by atoms with Gasteiger partial charge in [0.25, 0.3) is 0 Å². The zero-order chi connectivity index (χ0) is 37.2. The third kappa shape index (κ3) is 12.5. The number of hydrogen-bond acceptors (Lipinski definition) is 5. The molecule has 0 atom stereocenters. The Morgan fingerprint density at radius 3 is 2.17 bits per heavy atom. The van der Waals surface area contributed by atoms with Gasteiger partial charge in [-0.1, -0.05) is 81.8 Å². The van der Waals surface area contributed by atoms with Crippen molar-refractivity contribution in [3.63, 3.8) is 0 Å². The highest BCUT2D eigenvalue weighted by molar-refractivity contribution is 6.03. The van der Waals surface area contributed by atoms with Crippen molar-refractivity contribution in [3.05, 3.63) is 95.7 Å². The number of halogens is 1. The summed E-state index contributed by atoms with van der Waals surface area (Å²) in [4.78, 5) is 15.0. The van der Waals surface area contributed by atoms with Gasteiger partial charge in [0.1, 0.15) is 6.54 Å². The average molecular weight is 790 g/mol. The van der Waals surface area contributed by atoms with Crippen LogP contribution >= 0.6 is 0 Å². The number of rotatable bonds is 24. The third-order valence-electron chi connectivity index (χ3n) is 10.7. The van der Waals surface area contributed by atoms with Crippen molar-refractivity contribution in [1.29, 1.82) is 0 Å². The summed E-state index contributed by atoms with van der Waals surface area (Å²) < 4.78 is 2.51. The second-order valence-electron chi connectivity index (χ2n) is 15.5. The minimum absolute atomic E-state index is 0. The maximum atomic E-state index is 12.5. The number of unbranched alkanes of at least 4 members (excludes halogenated alkanes) is 4. The topological polar surface area (TPSA) is 85.4 Å². The van der Waals surface area contributed by atoms with Gasteiger partial charge in [0, 0.05) is 60.4 Å². The molecule has 0 saturated heterocycles. The van der Waals surface area contributed by atoms with Crippen molar-refractivity contribution >= 4 is 23.0 Å². The number of hydrogen-bond donors (Lipinski definition) is 4. The summed E-state index contributed by atoms with van der Waals surface area (Å²) in [5, 5.41) is 10.0. The summed E-state index contributed by atoms with van der Waals surface area (Å²) in [5.74, 6) is 0.173. The Balaban J connectivity index is 0.00000756. The molecule has 0 aromatic heterocycles. The van der Waals surface area contributed by atoms with Gasteiger partial charge in [0.2, 0.25) is 11.6 Å². The number of carbonyl (C=O) groups is 1. The molecule has 7 nitrogen and oxygen atoms in total. The van der Waals surface area contributed by atoms with Crippen LogP contribution in [0.25, 0.3) is 0 Å². The molecule has 0 radical (unpaired) electrons. The third-order valence-corrected chi connectivity index (χ3v) is 10.7. The van der Waals surface area contributed by atoms with Crippen LogP contribution in [0.5, 0.6) is 0 Å². The van der Waals surface area contributed by atoms with Crippen molar-refractivity contribution < 1.29 is 26.4 Å². The number of nitrogens with zero attached hydrogens (tertiary/aromatic N) is 2. The van der Waals surface area contributed by atoms with Crippen LogP contribution in [-0.4, -0.2) is 68.6 Å². The highest BCUT2D eigenvalue weighted by Gasteiger charge is 2.44. The first-order valence-electron chi connectivity index (χ1n) is 20.3. The van der Waals surface area contributed by atoms with Gasteiger partial charge in [-0.15, -0.1) is 0 Å². The molecule has 4 rings (SSSR count). The molecular formula is C45H69BrN6O. The molecule has 0 fully saturated rings. The molecule has 0 spiro atoms. The fourth-order valence-corrected chi connectivity index (χ4v) is 7.68. The molecular weight excluding hydrogens is 720 g/mol. The van der Waals surface area contributed by atoms with E-state index in [0.29, 0.717) is 6.42 Å². The van der Waals surface area contributed by atoms with E-state index in [-0.39, 0.29) is 33.7 Å². The quantitative estimate of drug-likeness (QED) is 0.0682. The summed E-state index contributed by atoms with van der Waals surface area (Å²) in [7, 11) is 0. The summed E-state index contributed by atoms with van der Waals surface area (Å²) in [6.07, 6.45) is 21.5. The van der Waals surface area contributed by atoms with Gasteiger partial charge in [-0.3, -0.25) is 4.79 Å². The Morgan fingerprint density at radius 2 is 1.43 bits per heavy atom. The minimum Gasteiger partial charge on any atom is -1.00 e. The summed E-state index contributed by atoms with van der Waals surface area (Å²) >= 11 is 0. The molecule has 1 amide bonds. The molecule has 2 aromatic carbocycles. The van der Waals surface area contributed by atoms with Crippen LogP contribution in [0, 0.1) is 0 Å². The highest BCUT2D eigenvalue weighted by atomic mass is 79.9. The average Bonchev–Trinajstić information content (AvgIpc) is 3.49. The first-order chi connectivity index (χ1) is 25.2. The first kappa shape index (κ1) is 44.4. The van der Waals surface area contributed by atoms with Crippen LogP contribution in [-0.2, 0) is 15.6 Å². The maximum Gasteiger partial charge on any atom is 0.219 e. The lowest BCUT2D eigenvalue weighted by Gasteiger charge is -2.27. The van der Waals surface area contributed by atoms with Crippen LogP contribution in [0.15, 0.2) is 84.6 Å².